The molecule has 0 bridgehead atoms. The van der Waals surface area contributed by atoms with Gasteiger partial charge in [-0.1, -0.05) is 11.8 Å². The third kappa shape index (κ3) is 4.67. The molecule has 0 aliphatic rings. The number of hydrogen-bond acceptors (Lipinski definition) is 7. The topological polar surface area (TPSA) is 111 Å². The van der Waals surface area contributed by atoms with Crippen LogP contribution < -0.4 is 5.32 Å². The first kappa shape index (κ1) is 16.7. The smallest absolute Gasteiger partial charge is 0.408 e. The van der Waals surface area contributed by atoms with Crippen LogP contribution in [-0.2, 0) is 11.0 Å². The van der Waals surface area contributed by atoms with Crippen LogP contribution in [0, 0.1) is 10.1 Å². The molecule has 0 unspecified atom stereocenters. The minimum atomic E-state index is -4.74. The molecular formula is C11H7F3N4O4S. The number of anilines is 1. The lowest BCUT2D eigenvalue weighted by atomic mass is 10.3. The van der Waals surface area contributed by atoms with Crippen molar-refractivity contribution in [3.63, 3.8) is 0 Å². The minimum Gasteiger partial charge on any atom is -0.408 e. The molecule has 0 fully saturated rings. The van der Waals surface area contributed by atoms with Gasteiger partial charge in [0.2, 0.25) is 5.91 Å². The van der Waals surface area contributed by atoms with Crippen molar-refractivity contribution in [2.24, 2.45) is 0 Å². The van der Waals surface area contributed by atoms with Gasteiger partial charge in [-0.2, -0.15) is 13.2 Å². The quantitative estimate of drug-likeness (QED) is 0.502. The van der Waals surface area contributed by atoms with E-state index >= 15 is 0 Å². The number of hydrogen-bond donors (Lipinski definition) is 1. The number of nitro benzene ring substituents is 1. The zero-order valence-corrected chi connectivity index (χ0v) is 11.8. The lowest BCUT2D eigenvalue weighted by molar-refractivity contribution is -0.384. The molecule has 0 radical (unpaired) electrons. The standard InChI is InChI=1S/C11H7F3N4O4S/c12-11(13,14)9-16-17-10(22-9)23-5-8(19)15-6-1-3-7(4-2-6)18(20)21/h1-4H,5H2,(H,15,19). The Labute approximate surface area is 130 Å². The second-order valence-electron chi connectivity index (χ2n) is 4.01. The van der Waals surface area contributed by atoms with Crippen molar-refractivity contribution in [1.82, 2.24) is 10.2 Å². The minimum absolute atomic E-state index is 0.136. The van der Waals surface area contributed by atoms with E-state index in [-0.39, 0.29) is 11.4 Å². The number of amides is 1. The molecule has 0 aliphatic carbocycles. The first-order valence-corrected chi connectivity index (χ1v) is 6.82. The van der Waals surface area contributed by atoms with Crippen LogP contribution in [-0.4, -0.2) is 26.8 Å². The molecule has 2 aromatic rings. The second kappa shape index (κ2) is 6.64. The van der Waals surface area contributed by atoms with E-state index in [0.29, 0.717) is 17.4 Å². The van der Waals surface area contributed by atoms with Crippen molar-refractivity contribution in [2.45, 2.75) is 11.4 Å². The summed E-state index contributed by atoms with van der Waals surface area (Å²) in [4.78, 5) is 21.5. The third-order valence-corrected chi connectivity index (χ3v) is 3.16. The first-order chi connectivity index (χ1) is 10.8. The van der Waals surface area contributed by atoms with Crippen molar-refractivity contribution >= 4 is 29.0 Å². The number of carbonyl (C=O) groups is 1. The summed E-state index contributed by atoms with van der Waals surface area (Å²) in [5.41, 5.74) is 0.172. The van der Waals surface area contributed by atoms with Gasteiger partial charge in [-0.25, -0.2) is 0 Å². The molecule has 0 atom stereocenters. The lowest BCUT2D eigenvalue weighted by Crippen LogP contribution is -2.13. The monoisotopic (exact) mass is 348 g/mol. The van der Waals surface area contributed by atoms with Crippen molar-refractivity contribution in [2.75, 3.05) is 11.1 Å². The number of non-ortho nitro benzene ring substituents is 1. The molecular weight excluding hydrogens is 341 g/mol. The maximum Gasteiger partial charge on any atom is 0.470 e. The number of nitrogens with zero attached hydrogens (tertiary/aromatic N) is 3. The average Bonchev–Trinajstić information content (AvgIpc) is 2.95. The Balaban J connectivity index is 1.87. The fourth-order valence-corrected chi connectivity index (χ4v) is 1.94. The van der Waals surface area contributed by atoms with Crippen LogP contribution in [0.25, 0.3) is 0 Å². The van der Waals surface area contributed by atoms with Crippen LogP contribution in [0.4, 0.5) is 24.5 Å². The van der Waals surface area contributed by atoms with Gasteiger partial charge in [-0.15, -0.1) is 10.2 Å². The van der Waals surface area contributed by atoms with Crippen molar-refractivity contribution < 1.29 is 27.3 Å². The Morgan fingerprint density at radius 2 is 1.96 bits per heavy atom. The highest BCUT2D eigenvalue weighted by molar-refractivity contribution is 7.99. The Bertz CT molecular complexity index is 717. The number of nitro groups is 1. The van der Waals surface area contributed by atoms with Gasteiger partial charge >= 0.3 is 12.1 Å². The fraction of sp³-hybridized carbons (Fsp3) is 0.182. The molecule has 23 heavy (non-hydrogen) atoms. The normalized spacial score (nSPS) is 11.3. The molecule has 12 heteroatoms. The van der Waals surface area contributed by atoms with Gasteiger partial charge in [0, 0.05) is 17.8 Å². The zero-order valence-electron chi connectivity index (χ0n) is 11.0. The maximum absolute atomic E-state index is 12.2. The van der Waals surface area contributed by atoms with E-state index in [0.717, 1.165) is 0 Å². The summed E-state index contributed by atoms with van der Waals surface area (Å²) in [5.74, 6) is -2.30. The summed E-state index contributed by atoms with van der Waals surface area (Å²) in [5, 5.41) is 18.5. The largest absolute Gasteiger partial charge is 0.470 e. The van der Waals surface area contributed by atoms with E-state index in [2.05, 4.69) is 19.9 Å². The Kier molecular flexibility index (Phi) is 4.83. The van der Waals surface area contributed by atoms with Gasteiger partial charge in [0.15, 0.2) is 0 Å². The predicted molar refractivity (Wildman–Crippen MR) is 71.8 cm³/mol. The number of halogens is 3. The summed E-state index contributed by atoms with van der Waals surface area (Å²) >= 11 is 0.632. The number of carbonyl (C=O) groups excluding carboxylic acids is 1. The van der Waals surface area contributed by atoms with Crippen molar-refractivity contribution in [1.29, 1.82) is 0 Å². The van der Waals surface area contributed by atoms with E-state index in [9.17, 15) is 28.1 Å². The predicted octanol–water partition coefficient (Wildman–Crippen LogP) is 2.73. The molecule has 122 valence electrons. The van der Waals surface area contributed by atoms with Crippen LogP contribution in [0.5, 0.6) is 0 Å². The lowest BCUT2D eigenvalue weighted by Gasteiger charge is -2.03. The molecule has 2 rings (SSSR count). The van der Waals surface area contributed by atoms with Gasteiger partial charge in [-0.05, 0) is 12.1 Å². The first-order valence-electron chi connectivity index (χ1n) is 5.83. The molecule has 0 aliphatic heterocycles. The molecule has 8 nitrogen and oxygen atoms in total. The SMILES string of the molecule is O=C(CSc1nnc(C(F)(F)F)o1)Nc1ccc([N+](=O)[O-])cc1. The van der Waals surface area contributed by atoms with Gasteiger partial charge in [-0.3, -0.25) is 14.9 Å². The highest BCUT2D eigenvalue weighted by atomic mass is 32.2. The van der Waals surface area contributed by atoms with Crippen LogP contribution in [0.1, 0.15) is 5.89 Å². The molecule has 1 aromatic carbocycles. The molecule has 1 amide bonds. The highest BCUT2D eigenvalue weighted by Gasteiger charge is 2.38. The molecule has 0 saturated heterocycles. The van der Waals surface area contributed by atoms with Crippen LogP contribution in [0.15, 0.2) is 33.9 Å². The van der Waals surface area contributed by atoms with Gasteiger partial charge in [0.1, 0.15) is 0 Å². The fourth-order valence-electron chi connectivity index (χ4n) is 1.37. The van der Waals surface area contributed by atoms with Crippen LogP contribution >= 0.6 is 11.8 Å². The molecule has 0 spiro atoms. The van der Waals surface area contributed by atoms with E-state index < -0.39 is 28.1 Å². The third-order valence-electron chi connectivity index (χ3n) is 2.34. The van der Waals surface area contributed by atoms with Crippen LogP contribution in [0.2, 0.25) is 0 Å². The Hall–Kier alpha value is -2.63. The summed E-state index contributed by atoms with van der Waals surface area (Å²) in [6.07, 6.45) is -4.74. The second-order valence-corrected chi connectivity index (χ2v) is 4.94. The van der Waals surface area contributed by atoms with E-state index in [1.54, 1.807) is 0 Å². The van der Waals surface area contributed by atoms with Crippen molar-refractivity contribution in [3.8, 4) is 0 Å². The molecule has 1 N–H and O–H groups in total. The zero-order chi connectivity index (χ0) is 17.0. The summed E-state index contributed by atoms with van der Waals surface area (Å²) in [7, 11) is 0. The Morgan fingerprint density at radius 1 is 1.30 bits per heavy atom. The highest BCUT2D eigenvalue weighted by Crippen LogP contribution is 2.29. The van der Waals surface area contributed by atoms with Crippen molar-refractivity contribution in [3.05, 3.63) is 40.3 Å². The molecule has 0 saturated carbocycles. The van der Waals surface area contributed by atoms with E-state index in [1.165, 1.54) is 24.3 Å². The number of thioether (sulfide) groups is 1. The summed E-state index contributed by atoms with van der Waals surface area (Å²) < 4.78 is 41.1. The van der Waals surface area contributed by atoms with Gasteiger partial charge < -0.3 is 9.73 Å². The number of alkyl halides is 3. The summed E-state index contributed by atoms with van der Waals surface area (Å²) in [6.45, 7) is 0. The van der Waals surface area contributed by atoms with Gasteiger partial charge in [0.25, 0.3) is 10.9 Å². The van der Waals surface area contributed by atoms with E-state index in [1.807, 2.05) is 0 Å². The van der Waals surface area contributed by atoms with E-state index in [4.69, 9.17) is 0 Å². The molecule has 1 heterocycles. The summed E-state index contributed by atoms with van der Waals surface area (Å²) in [6, 6.07) is 5.07. The Morgan fingerprint density at radius 3 is 2.48 bits per heavy atom. The number of nitrogens with one attached hydrogen (secondary N) is 1. The average molecular weight is 348 g/mol. The number of rotatable bonds is 5. The number of benzene rings is 1. The maximum atomic E-state index is 12.2. The number of aromatic nitrogens is 2. The van der Waals surface area contributed by atoms with Gasteiger partial charge in [0.05, 0.1) is 10.7 Å². The molecule has 1 aromatic heterocycles. The van der Waals surface area contributed by atoms with Crippen LogP contribution in [0.3, 0.4) is 0 Å².